The second-order valence-corrected chi connectivity index (χ2v) is 8.29. The second-order valence-electron chi connectivity index (χ2n) is 6.06. The number of nitrogens with one attached hydrogen (secondary N) is 1. The Bertz CT molecular complexity index is 654. The first kappa shape index (κ1) is 15.3. The van der Waals surface area contributed by atoms with Crippen molar-refractivity contribution < 1.29 is 13.2 Å². The van der Waals surface area contributed by atoms with Crippen LogP contribution < -0.4 is 5.32 Å². The molecule has 120 valence electrons. The van der Waals surface area contributed by atoms with E-state index in [2.05, 4.69) is 10.3 Å². The van der Waals surface area contributed by atoms with Gasteiger partial charge in [0.1, 0.15) is 0 Å². The van der Waals surface area contributed by atoms with Gasteiger partial charge in [0, 0.05) is 31.5 Å². The number of aromatic nitrogens is 1. The molecule has 3 rings (SSSR count). The highest BCUT2D eigenvalue weighted by Gasteiger charge is 2.28. The lowest BCUT2D eigenvalue weighted by Gasteiger charge is -2.26. The lowest BCUT2D eigenvalue weighted by atomic mass is 10.1. The number of carbonyl (C=O) groups excluding carboxylic acids is 1. The van der Waals surface area contributed by atoms with Crippen molar-refractivity contribution in [3.63, 3.8) is 0 Å². The number of pyridine rings is 1. The average Bonchev–Trinajstić information content (AvgIpc) is 2.86. The fourth-order valence-electron chi connectivity index (χ4n) is 3.06. The van der Waals surface area contributed by atoms with E-state index in [0.29, 0.717) is 17.7 Å². The standard InChI is InChI=1S/C15H21N3O3S/c19-15(18-5-2-1-3-6-18)12-8-14(10-16-9-12)17-13-4-7-22(20,21)11-13/h8-10,13,17H,1-7,11H2. The quantitative estimate of drug-likeness (QED) is 0.907. The van der Waals surface area contributed by atoms with Gasteiger partial charge in [0.15, 0.2) is 9.84 Å². The van der Waals surface area contributed by atoms with Crippen LogP contribution in [0.15, 0.2) is 18.5 Å². The summed E-state index contributed by atoms with van der Waals surface area (Å²) in [7, 11) is -2.92. The van der Waals surface area contributed by atoms with E-state index in [1.54, 1.807) is 18.5 Å². The van der Waals surface area contributed by atoms with E-state index < -0.39 is 9.84 Å². The molecule has 1 aromatic rings. The van der Waals surface area contributed by atoms with E-state index in [0.717, 1.165) is 25.9 Å². The maximum atomic E-state index is 12.5. The van der Waals surface area contributed by atoms with Gasteiger partial charge in [0.05, 0.1) is 22.8 Å². The Morgan fingerprint density at radius 1 is 1.23 bits per heavy atom. The van der Waals surface area contributed by atoms with Crippen molar-refractivity contribution in [1.29, 1.82) is 0 Å². The molecule has 0 spiro atoms. The van der Waals surface area contributed by atoms with Crippen molar-refractivity contribution in [2.45, 2.75) is 31.7 Å². The maximum absolute atomic E-state index is 12.5. The van der Waals surface area contributed by atoms with E-state index in [4.69, 9.17) is 0 Å². The SMILES string of the molecule is O=C(c1cncc(NC2CCS(=O)(=O)C2)c1)N1CCCCC1. The van der Waals surface area contributed by atoms with E-state index in [1.807, 2.05) is 4.90 Å². The van der Waals surface area contributed by atoms with Gasteiger partial charge in [-0.05, 0) is 31.7 Å². The number of piperidine rings is 1. The fourth-order valence-corrected chi connectivity index (χ4v) is 4.73. The van der Waals surface area contributed by atoms with Gasteiger partial charge in [0.2, 0.25) is 0 Å². The van der Waals surface area contributed by atoms with E-state index in [1.165, 1.54) is 6.42 Å². The molecule has 2 saturated heterocycles. The van der Waals surface area contributed by atoms with Crippen molar-refractivity contribution in [3.05, 3.63) is 24.0 Å². The molecular weight excluding hydrogens is 302 g/mol. The highest BCUT2D eigenvalue weighted by Crippen LogP contribution is 2.19. The third kappa shape index (κ3) is 3.58. The summed E-state index contributed by atoms with van der Waals surface area (Å²) < 4.78 is 23.0. The first-order chi connectivity index (χ1) is 10.5. The molecule has 0 bridgehead atoms. The van der Waals surface area contributed by atoms with Gasteiger partial charge in [-0.2, -0.15) is 0 Å². The number of carbonyl (C=O) groups is 1. The number of sulfone groups is 1. The Morgan fingerprint density at radius 3 is 2.68 bits per heavy atom. The molecule has 3 heterocycles. The Balaban J connectivity index is 1.68. The molecule has 0 aromatic carbocycles. The predicted octanol–water partition coefficient (Wildman–Crippen LogP) is 1.31. The summed E-state index contributed by atoms with van der Waals surface area (Å²) in [6.45, 7) is 1.61. The zero-order chi connectivity index (χ0) is 15.6. The minimum atomic E-state index is -2.92. The summed E-state index contributed by atoms with van der Waals surface area (Å²) in [6.07, 6.45) is 7.10. The fraction of sp³-hybridized carbons (Fsp3) is 0.600. The summed E-state index contributed by atoms with van der Waals surface area (Å²) in [6, 6.07) is 1.68. The molecule has 1 unspecified atom stereocenters. The largest absolute Gasteiger partial charge is 0.380 e. The minimum absolute atomic E-state index is 0.00916. The molecule has 2 fully saturated rings. The molecule has 1 atom stereocenters. The van der Waals surface area contributed by atoms with Crippen LogP contribution in [0, 0.1) is 0 Å². The van der Waals surface area contributed by atoms with Crippen LogP contribution in [0.4, 0.5) is 5.69 Å². The smallest absolute Gasteiger partial charge is 0.255 e. The zero-order valence-corrected chi connectivity index (χ0v) is 13.3. The Morgan fingerprint density at radius 2 is 2.00 bits per heavy atom. The normalized spacial score (nSPS) is 24.2. The molecule has 1 N–H and O–H groups in total. The molecule has 0 saturated carbocycles. The minimum Gasteiger partial charge on any atom is -0.380 e. The molecule has 1 amide bonds. The number of anilines is 1. The third-order valence-electron chi connectivity index (χ3n) is 4.23. The summed E-state index contributed by atoms with van der Waals surface area (Å²) >= 11 is 0. The van der Waals surface area contributed by atoms with Gasteiger partial charge < -0.3 is 10.2 Å². The maximum Gasteiger partial charge on any atom is 0.255 e. The molecule has 0 aliphatic carbocycles. The van der Waals surface area contributed by atoms with Crippen LogP contribution in [-0.4, -0.2) is 54.8 Å². The Kier molecular flexibility index (Phi) is 4.33. The lowest BCUT2D eigenvalue weighted by molar-refractivity contribution is 0.0724. The number of amides is 1. The molecule has 7 heteroatoms. The van der Waals surface area contributed by atoms with E-state index in [-0.39, 0.29) is 23.5 Å². The van der Waals surface area contributed by atoms with Crippen molar-refractivity contribution in [1.82, 2.24) is 9.88 Å². The highest BCUT2D eigenvalue weighted by atomic mass is 32.2. The number of rotatable bonds is 3. The van der Waals surface area contributed by atoms with Crippen molar-refractivity contribution in [2.24, 2.45) is 0 Å². The van der Waals surface area contributed by atoms with Crippen molar-refractivity contribution >= 4 is 21.4 Å². The topological polar surface area (TPSA) is 79.4 Å². The Labute approximate surface area is 130 Å². The zero-order valence-electron chi connectivity index (χ0n) is 12.5. The summed E-state index contributed by atoms with van der Waals surface area (Å²) in [5, 5.41) is 3.18. The number of nitrogens with zero attached hydrogens (tertiary/aromatic N) is 2. The van der Waals surface area contributed by atoms with E-state index in [9.17, 15) is 13.2 Å². The van der Waals surface area contributed by atoms with Crippen LogP contribution in [0.1, 0.15) is 36.0 Å². The van der Waals surface area contributed by atoms with E-state index >= 15 is 0 Å². The monoisotopic (exact) mass is 323 g/mol. The predicted molar refractivity (Wildman–Crippen MR) is 84.7 cm³/mol. The number of likely N-dealkylation sites (tertiary alicyclic amines) is 1. The third-order valence-corrected chi connectivity index (χ3v) is 6.00. The average molecular weight is 323 g/mol. The highest BCUT2D eigenvalue weighted by molar-refractivity contribution is 7.91. The molecular formula is C15H21N3O3S. The molecule has 1 aromatic heterocycles. The van der Waals surface area contributed by atoms with Crippen LogP contribution in [0.25, 0.3) is 0 Å². The number of hydrogen-bond donors (Lipinski definition) is 1. The van der Waals surface area contributed by atoms with Crippen LogP contribution >= 0.6 is 0 Å². The Hall–Kier alpha value is -1.63. The summed E-state index contributed by atoms with van der Waals surface area (Å²) in [5.41, 5.74) is 1.28. The summed E-state index contributed by atoms with van der Waals surface area (Å²) in [5.74, 6) is 0.386. The van der Waals surface area contributed by atoms with Gasteiger partial charge in [-0.3, -0.25) is 9.78 Å². The lowest BCUT2D eigenvalue weighted by Crippen LogP contribution is -2.35. The van der Waals surface area contributed by atoms with Gasteiger partial charge in [0.25, 0.3) is 5.91 Å². The molecule has 0 radical (unpaired) electrons. The van der Waals surface area contributed by atoms with Crippen LogP contribution in [0.2, 0.25) is 0 Å². The molecule has 22 heavy (non-hydrogen) atoms. The van der Waals surface area contributed by atoms with Gasteiger partial charge in [-0.15, -0.1) is 0 Å². The first-order valence-corrected chi connectivity index (χ1v) is 9.57. The number of hydrogen-bond acceptors (Lipinski definition) is 5. The molecule has 6 nitrogen and oxygen atoms in total. The van der Waals surface area contributed by atoms with Gasteiger partial charge in [-0.25, -0.2) is 8.42 Å². The van der Waals surface area contributed by atoms with Gasteiger partial charge >= 0.3 is 0 Å². The van der Waals surface area contributed by atoms with Crippen LogP contribution in [0.5, 0.6) is 0 Å². The second kappa shape index (κ2) is 6.24. The van der Waals surface area contributed by atoms with Gasteiger partial charge in [-0.1, -0.05) is 0 Å². The first-order valence-electron chi connectivity index (χ1n) is 7.75. The van der Waals surface area contributed by atoms with Crippen molar-refractivity contribution in [3.8, 4) is 0 Å². The molecule has 2 aliphatic heterocycles. The van der Waals surface area contributed by atoms with Crippen molar-refractivity contribution in [2.75, 3.05) is 29.9 Å². The van der Waals surface area contributed by atoms with Crippen LogP contribution in [-0.2, 0) is 9.84 Å². The molecule has 2 aliphatic rings. The van der Waals surface area contributed by atoms with Crippen LogP contribution in [0.3, 0.4) is 0 Å². The summed E-state index contributed by atoms with van der Waals surface area (Å²) in [4.78, 5) is 18.4.